The van der Waals surface area contributed by atoms with Gasteiger partial charge in [0.15, 0.2) is 0 Å². The predicted molar refractivity (Wildman–Crippen MR) is 68.0 cm³/mol. The second kappa shape index (κ2) is 5.35. The average molecular weight is 292 g/mol. The fourth-order valence-electron chi connectivity index (χ4n) is 2.28. The molecule has 2 rings (SSSR count). The largest absolute Gasteiger partial charge is 0.386 e. The molecule has 1 amide bonds. The lowest BCUT2D eigenvalue weighted by Crippen LogP contribution is -2.61. The number of β-amino-alcohol motifs (C(OH)–C–C–N with tert-alkyl or cyclic N) is 1. The summed E-state index contributed by atoms with van der Waals surface area (Å²) < 4.78 is 30.5. The van der Waals surface area contributed by atoms with Crippen LogP contribution in [0.15, 0.2) is 0 Å². The Bertz CT molecular complexity index is 434. The minimum Gasteiger partial charge on any atom is -0.386 e. The van der Waals surface area contributed by atoms with Gasteiger partial charge in [-0.05, 0) is 6.92 Å². The number of carbonyl (C=O) groups excluding carboxylic acids is 1. The van der Waals surface area contributed by atoms with Gasteiger partial charge in [0.2, 0.25) is 15.9 Å². The van der Waals surface area contributed by atoms with Crippen molar-refractivity contribution in [2.75, 3.05) is 45.1 Å². The highest BCUT2D eigenvalue weighted by atomic mass is 32.2. The van der Waals surface area contributed by atoms with Crippen LogP contribution in [0.25, 0.3) is 0 Å². The monoisotopic (exact) mass is 292 g/mol. The Morgan fingerprint density at radius 2 is 1.89 bits per heavy atom. The lowest BCUT2D eigenvalue weighted by Gasteiger charge is -2.44. The Kier molecular flexibility index (Phi) is 4.14. The number of aliphatic hydroxyl groups is 1. The van der Waals surface area contributed by atoms with E-state index in [2.05, 4.69) is 0 Å². The van der Waals surface area contributed by atoms with Crippen molar-refractivity contribution in [2.45, 2.75) is 18.9 Å². The molecule has 2 fully saturated rings. The maximum Gasteiger partial charge on any atom is 0.223 e. The molecule has 1 N–H and O–H groups in total. The van der Waals surface area contributed by atoms with Gasteiger partial charge >= 0.3 is 0 Å². The van der Waals surface area contributed by atoms with Crippen LogP contribution in [0.2, 0.25) is 0 Å². The zero-order valence-electron chi connectivity index (χ0n) is 11.0. The highest BCUT2D eigenvalue weighted by Crippen LogP contribution is 2.20. The van der Waals surface area contributed by atoms with Crippen molar-refractivity contribution in [3.8, 4) is 0 Å². The first-order chi connectivity index (χ1) is 8.80. The maximum absolute atomic E-state index is 12.0. The highest BCUT2D eigenvalue weighted by Gasteiger charge is 2.39. The lowest BCUT2D eigenvalue weighted by molar-refractivity contribution is -0.151. The summed E-state index contributed by atoms with van der Waals surface area (Å²) in [7, 11) is -3.38. The first-order valence-electron chi connectivity index (χ1n) is 6.36. The van der Waals surface area contributed by atoms with Gasteiger partial charge in [0.25, 0.3) is 0 Å². The molecule has 0 spiro atoms. The van der Waals surface area contributed by atoms with Gasteiger partial charge in [-0.15, -0.1) is 0 Å². The van der Waals surface area contributed by atoms with Crippen LogP contribution in [-0.4, -0.2) is 79.4 Å². The highest BCUT2D eigenvalue weighted by molar-refractivity contribution is 7.89. The van der Waals surface area contributed by atoms with Crippen LogP contribution in [0.5, 0.6) is 0 Å². The molecule has 2 heterocycles. The van der Waals surface area contributed by atoms with Gasteiger partial charge in [0.1, 0.15) is 0 Å². The average Bonchev–Trinajstić information content (AvgIpc) is 2.34. The molecular formula is C11H20N2O5S. The predicted octanol–water partition coefficient (Wildman–Crippen LogP) is -1.37. The number of ether oxygens (including phenoxy) is 1. The second-order valence-corrected chi connectivity index (χ2v) is 7.41. The molecule has 2 aliphatic rings. The number of likely N-dealkylation sites (tertiary alicyclic amines) is 1. The summed E-state index contributed by atoms with van der Waals surface area (Å²) in [4.78, 5) is 13.2. The van der Waals surface area contributed by atoms with Crippen molar-refractivity contribution in [3.63, 3.8) is 0 Å². The van der Waals surface area contributed by atoms with E-state index in [0.29, 0.717) is 26.3 Å². The Balaban J connectivity index is 1.79. The van der Waals surface area contributed by atoms with E-state index in [0.717, 1.165) is 0 Å². The fourth-order valence-corrected chi connectivity index (χ4v) is 3.68. The summed E-state index contributed by atoms with van der Waals surface area (Å²) in [5, 5.41) is 9.53. The fraction of sp³-hybridized carbons (Fsp3) is 0.909. The smallest absolute Gasteiger partial charge is 0.223 e. The van der Waals surface area contributed by atoms with E-state index >= 15 is 0 Å². The minimum atomic E-state index is -3.38. The summed E-state index contributed by atoms with van der Waals surface area (Å²) in [6.45, 7) is 3.74. The summed E-state index contributed by atoms with van der Waals surface area (Å²) in [5.74, 6) is -0.395. The van der Waals surface area contributed by atoms with E-state index in [1.54, 1.807) is 6.92 Å². The molecule has 0 aromatic carbocycles. The van der Waals surface area contributed by atoms with Crippen LogP contribution in [0.1, 0.15) is 13.3 Å². The standard InChI is InChI=1S/C11H20N2O5S/c1-11(15)8-12(9-11)10(14)2-7-19(16,17)13-3-5-18-6-4-13/h15H,2-9H2,1H3. The molecule has 0 radical (unpaired) electrons. The van der Waals surface area contributed by atoms with E-state index in [9.17, 15) is 18.3 Å². The molecule has 7 nitrogen and oxygen atoms in total. The van der Waals surface area contributed by atoms with Gasteiger partial charge in [-0.3, -0.25) is 4.79 Å². The molecule has 0 atom stereocenters. The van der Waals surface area contributed by atoms with Crippen LogP contribution in [0, 0.1) is 0 Å². The number of hydrogen-bond acceptors (Lipinski definition) is 5. The number of amides is 1. The van der Waals surface area contributed by atoms with Gasteiger partial charge in [-0.2, -0.15) is 4.31 Å². The SMILES string of the molecule is CC1(O)CN(C(=O)CCS(=O)(=O)N2CCOCC2)C1. The van der Waals surface area contributed by atoms with Crippen molar-refractivity contribution in [1.29, 1.82) is 0 Å². The summed E-state index contributed by atoms with van der Waals surface area (Å²) in [6.07, 6.45) is -0.0320. The van der Waals surface area contributed by atoms with E-state index < -0.39 is 15.6 Å². The first kappa shape index (κ1) is 14.7. The number of morpholine rings is 1. The van der Waals surface area contributed by atoms with Crippen molar-refractivity contribution in [1.82, 2.24) is 9.21 Å². The second-order valence-electron chi connectivity index (χ2n) is 5.32. The normalized spacial score (nSPS) is 24.0. The Hall–Kier alpha value is -0.700. The van der Waals surface area contributed by atoms with Crippen LogP contribution in [0.3, 0.4) is 0 Å². The third-order valence-electron chi connectivity index (χ3n) is 3.35. The zero-order chi connectivity index (χ0) is 14.1. The first-order valence-corrected chi connectivity index (χ1v) is 7.97. The topological polar surface area (TPSA) is 87.2 Å². The van der Waals surface area contributed by atoms with E-state index in [1.165, 1.54) is 9.21 Å². The number of nitrogens with zero attached hydrogens (tertiary/aromatic N) is 2. The molecule has 0 unspecified atom stereocenters. The quantitative estimate of drug-likeness (QED) is 0.691. The van der Waals surface area contributed by atoms with Crippen LogP contribution < -0.4 is 0 Å². The summed E-state index contributed by atoms with van der Waals surface area (Å²) in [6, 6.07) is 0. The van der Waals surface area contributed by atoms with E-state index in [4.69, 9.17) is 4.74 Å². The number of hydrogen-bond donors (Lipinski definition) is 1. The molecule has 0 aromatic rings. The van der Waals surface area contributed by atoms with Crippen LogP contribution in [0.4, 0.5) is 0 Å². The van der Waals surface area contributed by atoms with Gasteiger partial charge < -0.3 is 14.7 Å². The minimum absolute atomic E-state index is 0.0320. The van der Waals surface area contributed by atoms with E-state index in [1.807, 2.05) is 0 Å². The van der Waals surface area contributed by atoms with Gasteiger partial charge in [-0.1, -0.05) is 0 Å². The van der Waals surface area contributed by atoms with Crippen molar-refractivity contribution in [2.24, 2.45) is 0 Å². The molecule has 0 saturated carbocycles. The number of carbonyl (C=O) groups is 1. The lowest BCUT2D eigenvalue weighted by atomic mass is 9.97. The van der Waals surface area contributed by atoms with Gasteiger partial charge in [-0.25, -0.2) is 8.42 Å². The van der Waals surface area contributed by atoms with Crippen molar-refractivity contribution < 1.29 is 23.1 Å². The number of sulfonamides is 1. The molecule has 2 saturated heterocycles. The summed E-state index contributed by atoms with van der Waals surface area (Å²) >= 11 is 0. The third-order valence-corrected chi connectivity index (χ3v) is 5.22. The molecule has 0 aliphatic carbocycles. The summed E-state index contributed by atoms with van der Waals surface area (Å²) in [5.41, 5.74) is -0.821. The third kappa shape index (κ3) is 3.65. The van der Waals surface area contributed by atoms with Gasteiger partial charge in [0.05, 0.1) is 37.7 Å². The molecular weight excluding hydrogens is 272 g/mol. The number of rotatable bonds is 4. The van der Waals surface area contributed by atoms with Crippen molar-refractivity contribution >= 4 is 15.9 Å². The molecule has 19 heavy (non-hydrogen) atoms. The maximum atomic E-state index is 12.0. The molecule has 0 bridgehead atoms. The molecule has 0 aromatic heterocycles. The Labute approximate surface area is 113 Å². The van der Waals surface area contributed by atoms with Gasteiger partial charge in [0, 0.05) is 19.5 Å². The molecule has 2 aliphatic heterocycles. The Morgan fingerprint density at radius 3 is 2.42 bits per heavy atom. The zero-order valence-corrected chi connectivity index (χ0v) is 11.9. The van der Waals surface area contributed by atoms with Crippen LogP contribution >= 0.6 is 0 Å². The van der Waals surface area contributed by atoms with Crippen molar-refractivity contribution in [3.05, 3.63) is 0 Å². The molecule has 110 valence electrons. The molecule has 8 heteroatoms. The van der Waals surface area contributed by atoms with E-state index in [-0.39, 0.29) is 31.2 Å². The Morgan fingerprint density at radius 1 is 1.32 bits per heavy atom. The van der Waals surface area contributed by atoms with Crippen LogP contribution in [-0.2, 0) is 19.6 Å².